The molecule has 0 amide bonds. The molecule has 1 unspecified atom stereocenters. The minimum atomic E-state index is 0.443. The summed E-state index contributed by atoms with van der Waals surface area (Å²) in [6, 6.07) is 0.736. The Morgan fingerprint density at radius 3 is 2.18 bits per heavy atom. The second-order valence-corrected chi connectivity index (χ2v) is 7.14. The first-order chi connectivity index (χ1) is 7.96. The molecule has 0 heterocycles. The van der Waals surface area contributed by atoms with E-state index in [1.165, 1.54) is 51.5 Å². The van der Waals surface area contributed by atoms with Crippen molar-refractivity contribution < 1.29 is 0 Å². The molecule has 2 heteroatoms. The highest BCUT2D eigenvalue weighted by Gasteiger charge is 2.39. The highest BCUT2D eigenvalue weighted by atomic mass is 15.2. The highest BCUT2D eigenvalue weighted by molar-refractivity contribution is 4.98. The van der Waals surface area contributed by atoms with Gasteiger partial charge in [0, 0.05) is 18.1 Å². The Kier molecular flexibility index (Phi) is 3.84. The summed E-state index contributed by atoms with van der Waals surface area (Å²) in [6.07, 6.45) is 9.73. The highest BCUT2D eigenvalue weighted by Crippen LogP contribution is 2.38. The Balaban J connectivity index is 1.92. The van der Waals surface area contributed by atoms with Gasteiger partial charge in [-0.2, -0.15) is 0 Å². The second kappa shape index (κ2) is 4.89. The molecule has 0 aliphatic heterocycles. The van der Waals surface area contributed by atoms with E-state index in [-0.39, 0.29) is 0 Å². The Morgan fingerprint density at radius 1 is 1.06 bits per heavy atom. The fraction of sp³-hybridized carbons (Fsp3) is 1.00. The van der Waals surface area contributed by atoms with Gasteiger partial charge in [0.25, 0.3) is 0 Å². The number of nitrogens with zero attached hydrogens (tertiary/aromatic N) is 1. The largest absolute Gasteiger partial charge is 0.312 e. The molecular formula is C15H30N2. The van der Waals surface area contributed by atoms with E-state index in [0.29, 0.717) is 11.0 Å². The summed E-state index contributed by atoms with van der Waals surface area (Å²) in [6.45, 7) is 6.04. The van der Waals surface area contributed by atoms with Crippen LogP contribution >= 0.6 is 0 Å². The Hall–Kier alpha value is -0.0800. The molecule has 2 saturated carbocycles. The first-order valence-corrected chi connectivity index (χ1v) is 7.37. The first kappa shape index (κ1) is 13.4. The molecule has 2 aliphatic rings. The summed E-state index contributed by atoms with van der Waals surface area (Å²) in [5, 5.41) is 3.89. The predicted molar refractivity (Wildman–Crippen MR) is 74.3 cm³/mol. The van der Waals surface area contributed by atoms with Crippen molar-refractivity contribution in [3.8, 4) is 0 Å². The van der Waals surface area contributed by atoms with Gasteiger partial charge in [-0.1, -0.05) is 33.1 Å². The van der Waals surface area contributed by atoms with Crippen LogP contribution in [-0.4, -0.2) is 37.1 Å². The van der Waals surface area contributed by atoms with Crippen LogP contribution in [0.15, 0.2) is 0 Å². The summed E-state index contributed by atoms with van der Waals surface area (Å²) in [5.74, 6) is 0. The van der Waals surface area contributed by atoms with Crippen molar-refractivity contribution in [2.45, 2.75) is 70.4 Å². The summed E-state index contributed by atoms with van der Waals surface area (Å²) in [7, 11) is 4.51. The van der Waals surface area contributed by atoms with Gasteiger partial charge >= 0.3 is 0 Å². The Labute approximate surface area is 107 Å². The standard InChI is InChI=1S/C15H30N2/c1-14(2)9-7-8-13(14)16-12-15(17(3)4)10-5-6-11-15/h13,16H,5-12H2,1-4H3. The first-order valence-electron chi connectivity index (χ1n) is 7.37. The average molecular weight is 238 g/mol. The fourth-order valence-corrected chi connectivity index (χ4v) is 3.83. The lowest BCUT2D eigenvalue weighted by Crippen LogP contribution is -2.53. The number of hydrogen-bond acceptors (Lipinski definition) is 2. The number of hydrogen-bond donors (Lipinski definition) is 1. The molecule has 0 saturated heterocycles. The van der Waals surface area contributed by atoms with Gasteiger partial charge < -0.3 is 10.2 Å². The van der Waals surface area contributed by atoms with E-state index in [9.17, 15) is 0 Å². The quantitative estimate of drug-likeness (QED) is 0.810. The normalized spacial score (nSPS) is 31.2. The van der Waals surface area contributed by atoms with E-state index in [1.807, 2.05) is 0 Å². The van der Waals surface area contributed by atoms with Crippen LogP contribution < -0.4 is 5.32 Å². The van der Waals surface area contributed by atoms with Crippen LogP contribution in [0.5, 0.6) is 0 Å². The molecule has 0 radical (unpaired) electrons. The molecule has 17 heavy (non-hydrogen) atoms. The number of likely N-dealkylation sites (N-methyl/N-ethyl adjacent to an activating group) is 1. The third-order valence-electron chi connectivity index (χ3n) is 5.42. The van der Waals surface area contributed by atoms with Gasteiger partial charge in [-0.25, -0.2) is 0 Å². The molecule has 0 spiro atoms. The van der Waals surface area contributed by atoms with Crippen molar-refractivity contribution in [2.24, 2.45) is 5.41 Å². The zero-order valence-corrected chi connectivity index (χ0v) is 12.2. The molecule has 100 valence electrons. The van der Waals surface area contributed by atoms with Crippen molar-refractivity contribution in [2.75, 3.05) is 20.6 Å². The van der Waals surface area contributed by atoms with E-state index in [1.54, 1.807) is 0 Å². The van der Waals surface area contributed by atoms with Crippen LogP contribution in [0.1, 0.15) is 58.8 Å². The van der Waals surface area contributed by atoms with Crippen LogP contribution in [0, 0.1) is 5.41 Å². The zero-order valence-electron chi connectivity index (χ0n) is 12.2. The number of nitrogens with one attached hydrogen (secondary N) is 1. The van der Waals surface area contributed by atoms with Gasteiger partial charge in [0.05, 0.1) is 0 Å². The third-order valence-corrected chi connectivity index (χ3v) is 5.42. The summed E-state index contributed by atoms with van der Waals surface area (Å²) < 4.78 is 0. The van der Waals surface area contributed by atoms with Crippen molar-refractivity contribution in [1.82, 2.24) is 10.2 Å². The van der Waals surface area contributed by atoms with Crippen molar-refractivity contribution in [1.29, 1.82) is 0 Å². The van der Waals surface area contributed by atoms with Gasteiger partial charge in [0.1, 0.15) is 0 Å². The molecule has 2 rings (SSSR count). The molecule has 2 fully saturated rings. The summed E-state index contributed by atoms with van der Waals surface area (Å²) in [4.78, 5) is 2.47. The maximum absolute atomic E-state index is 3.89. The zero-order chi connectivity index (χ0) is 12.5. The molecule has 1 atom stereocenters. The molecule has 2 aliphatic carbocycles. The lowest BCUT2D eigenvalue weighted by atomic mass is 9.86. The number of rotatable bonds is 4. The van der Waals surface area contributed by atoms with Crippen LogP contribution in [0.3, 0.4) is 0 Å². The Bertz CT molecular complexity index is 252. The summed E-state index contributed by atoms with van der Waals surface area (Å²) in [5.41, 5.74) is 0.949. The van der Waals surface area contributed by atoms with Gasteiger partial charge in [0.15, 0.2) is 0 Å². The smallest absolute Gasteiger partial charge is 0.0327 e. The molecular weight excluding hydrogens is 208 g/mol. The molecule has 0 aromatic carbocycles. The molecule has 0 bridgehead atoms. The maximum atomic E-state index is 3.89. The van der Waals surface area contributed by atoms with Crippen LogP contribution in [0.2, 0.25) is 0 Å². The van der Waals surface area contributed by atoms with Gasteiger partial charge in [0.2, 0.25) is 0 Å². The molecule has 2 nitrogen and oxygen atoms in total. The van der Waals surface area contributed by atoms with E-state index in [4.69, 9.17) is 0 Å². The van der Waals surface area contributed by atoms with Crippen molar-refractivity contribution in [3.63, 3.8) is 0 Å². The average Bonchev–Trinajstić information content (AvgIpc) is 2.82. The van der Waals surface area contributed by atoms with E-state index >= 15 is 0 Å². The molecule has 0 aromatic rings. The maximum Gasteiger partial charge on any atom is 0.0327 e. The van der Waals surface area contributed by atoms with Crippen LogP contribution in [0.4, 0.5) is 0 Å². The SMILES string of the molecule is CN(C)C1(CNC2CCCC2(C)C)CCCC1. The Morgan fingerprint density at radius 2 is 1.71 bits per heavy atom. The predicted octanol–water partition coefficient (Wildman–Crippen LogP) is 3.03. The van der Waals surface area contributed by atoms with Crippen molar-refractivity contribution >= 4 is 0 Å². The van der Waals surface area contributed by atoms with E-state index in [0.717, 1.165) is 6.04 Å². The molecule has 0 aromatic heterocycles. The lowest BCUT2D eigenvalue weighted by molar-refractivity contribution is 0.138. The van der Waals surface area contributed by atoms with Gasteiger partial charge in [-0.3, -0.25) is 0 Å². The third kappa shape index (κ3) is 2.68. The second-order valence-electron chi connectivity index (χ2n) is 7.14. The van der Waals surface area contributed by atoms with Crippen molar-refractivity contribution in [3.05, 3.63) is 0 Å². The monoisotopic (exact) mass is 238 g/mol. The van der Waals surface area contributed by atoms with E-state index < -0.39 is 0 Å². The van der Waals surface area contributed by atoms with Crippen LogP contribution in [-0.2, 0) is 0 Å². The lowest BCUT2D eigenvalue weighted by Gasteiger charge is -2.39. The van der Waals surface area contributed by atoms with Gasteiger partial charge in [-0.15, -0.1) is 0 Å². The molecule has 1 N–H and O–H groups in total. The van der Waals surface area contributed by atoms with E-state index in [2.05, 4.69) is 38.2 Å². The fourth-order valence-electron chi connectivity index (χ4n) is 3.83. The van der Waals surface area contributed by atoms with Crippen LogP contribution in [0.25, 0.3) is 0 Å². The summed E-state index contributed by atoms with van der Waals surface area (Å²) >= 11 is 0. The minimum absolute atomic E-state index is 0.443. The topological polar surface area (TPSA) is 15.3 Å². The minimum Gasteiger partial charge on any atom is -0.312 e. The van der Waals surface area contributed by atoms with Gasteiger partial charge in [-0.05, 0) is 45.2 Å².